The number of aromatic amines is 1. The van der Waals surface area contributed by atoms with Crippen LogP contribution < -0.4 is 0 Å². The number of urea groups is 1. The molecule has 172 valence electrons. The summed E-state index contributed by atoms with van der Waals surface area (Å²) in [6.07, 6.45) is 3.81. The first-order valence-electron chi connectivity index (χ1n) is 10.8. The number of H-pyrrole nitrogens is 1. The Bertz CT molecular complexity index is 1270. The molecule has 2 aromatic carbocycles. The number of hydrogen-bond acceptors (Lipinski definition) is 5. The Morgan fingerprint density at radius 3 is 2.45 bits per heavy atom. The van der Waals surface area contributed by atoms with E-state index in [-0.39, 0.29) is 22.8 Å². The van der Waals surface area contributed by atoms with Crippen molar-refractivity contribution >= 4 is 27.5 Å². The minimum absolute atomic E-state index is 0.0767. The lowest BCUT2D eigenvalue weighted by Gasteiger charge is -2.41. The molecule has 0 bridgehead atoms. The molecule has 0 saturated carbocycles. The number of hydrogen-bond donors (Lipinski definition) is 1. The molecule has 1 unspecified atom stereocenters. The molecule has 33 heavy (non-hydrogen) atoms. The monoisotopic (exact) mass is 485 g/mol. The molecule has 2 amide bonds. The fourth-order valence-electron chi connectivity index (χ4n) is 4.60. The number of carbonyl (C=O) groups excluding carboxylic acids is 1. The molecule has 1 N–H and O–H groups in total. The van der Waals surface area contributed by atoms with E-state index >= 15 is 0 Å². The van der Waals surface area contributed by atoms with Crippen LogP contribution in [-0.2, 0) is 9.84 Å². The van der Waals surface area contributed by atoms with Gasteiger partial charge in [0.2, 0.25) is 0 Å². The van der Waals surface area contributed by atoms with Crippen molar-refractivity contribution in [2.45, 2.75) is 23.2 Å². The molecule has 0 aliphatic carbocycles. The molecule has 1 atom stereocenters. The molecular weight excluding hydrogens is 462 g/mol. The molecule has 2 aliphatic rings. The SMILES string of the molecule is CS(=O)(=O)c1cc(Cl)ccc1-c1ccc(C2CN(C(=O)N3CCC(c4cn[nH]n4)C3)C2)cc1. The maximum atomic E-state index is 12.9. The Morgan fingerprint density at radius 1 is 1.06 bits per heavy atom. The second-order valence-electron chi connectivity index (χ2n) is 8.75. The molecule has 2 saturated heterocycles. The predicted octanol–water partition coefficient (Wildman–Crippen LogP) is 3.54. The first kappa shape index (κ1) is 21.9. The fourth-order valence-corrected chi connectivity index (χ4v) is 5.77. The Kier molecular flexibility index (Phi) is 5.62. The van der Waals surface area contributed by atoms with E-state index in [1.54, 1.807) is 18.3 Å². The van der Waals surface area contributed by atoms with Crippen LogP contribution in [0.1, 0.15) is 29.5 Å². The van der Waals surface area contributed by atoms with E-state index in [0.29, 0.717) is 30.2 Å². The summed E-state index contributed by atoms with van der Waals surface area (Å²) in [6.45, 7) is 2.76. The van der Waals surface area contributed by atoms with Gasteiger partial charge in [-0.05, 0) is 29.7 Å². The number of amides is 2. The van der Waals surface area contributed by atoms with Crippen LogP contribution in [0.5, 0.6) is 0 Å². The summed E-state index contributed by atoms with van der Waals surface area (Å²) in [7, 11) is -3.41. The maximum Gasteiger partial charge on any atom is 0.320 e. The Balaban J connectivity index is 1.22. The molecule has 1 aromatic heterocycles. The van der Waals surface area contributed by atoms with E-state index < -0.39 is 9.84 Å². The van der Waals surface area contributed by atoms with Crippen LogP contribution in [0.15, 0.2) is 53.6 Å². The highest BCUT2D eigenvalue weighted by Gasteiger charge is 2.37. The van der Waals surface area contributed by atoms with Crippen molar-refractivity contribution in [3.05, 3.63) is 64.9 Å². The summed E-state index contributed by atoms with van der Waals surface area (Å²) >= 11 is 6.02. The second kappa shape index (κ2) is 8.46. The number of sulfone groups is 1. The van der Waals surface area contributed by atoms with Gasteiger partial charge in [0, 0.05) is 54.9 Å². The lowest BCUT2D eigenvalue weighted by molar-refractivity contribution is 0.121. The van der Waals surface area contributed by atoms with Crippen molar-refractivity contribution in [2.24, 2.45) is 0 Å². The van der Waals surface area contributed by atoms with Gasteiger partial charge in [-0.3, -0.25) is 0 Å². The van der Waals surface area contributed by atoms with Gasteiger partial charge in [-0.1, -0.05) is 41.9 Å². The van der Waals surface area contributed by atoms with Crippen LogP contribution in [0.4, 0.5) is 4.79 Å². The van der Waals surface area contributed by atoms with Crippen molar-refractivity contribution in [2.75, 3.05) is 32.4 Å². The quantitative estimate of drug-likeness (QED) is 0.609. The molecule has 3 heterocycles. The summed E-state index contributed by atoms with van der Waals surface area (Å²) in [5.74, 6) is 0.513. The Morgan fingerprint density at radius 2 is 1.79 bits per heavy atom. The number of aromatic nitrogens is 3. The minimum Gasteiger partial charge on any atom is -0.324 e. The summed E-state index contributed by atoms with van der Waals surface area (Å²) in [5.41, 5.74) is 3.50. The molecule has 8 nitrogen and oxygen atoms in total. The van der Waals surface area contributed by atoms with Crippen LogP contribution >= 0.6 is 11.6 Å². The second-order valence-corrected chi connectivity index (χ2v) is 11.2. The number of nitrogens with zero attached hydrogens (tertiary/aromatic N) is 4. The summed E-state index contributed by atoms with van der Waals surface area (Å²) in [6, 6.07) is 12.9. The third kappa shape index (κ3) is 4.35. The smallest absolute Gasteiger partial charge is 0.320 e. The van der Waals surface area contributed by atoms with Gasteiger partial charge >= 0.3 is 6.03 Å². The first-order valence-corrected chi connectivity index (χ1v) is 13.1. The molecule has 0 spiro atoms. The molecule has 0 radical (unpaired) electrons. The summed E-state index contributed by atoms with van der Waals surface area (Å²) in [5, 5.41) is 11.0. The number of rotatable bonds is 4. The number of nitrogens with one attached hydrogen (secondary N) is 1. The van der Waals surface area contributed by atoms with Gasteiger partial charge in [0.15, 0.2) is 9.84 Å². The standard InChI is InChI=1S/C23H24ClN5O3S/c1-33(31,32)22-10-19(24)6-7-20(22)16-4-2-15(3-5-16)18-13-29(14-18)23(30)28-9-8-17(12-28)21-11-25-27-26-21/h2-7,10-11,17-18H,8-9,12-14H2,1H3,(H,25,26,27). The van der Waals surface area contributed by atoms with E-state index in [1.807, 2.05) is 34.1 Å². The van der Waals surface area contributed by atoms with Gasteiger partial charge in [0.05, 0.1) is 16.8 Å². The van der Waals surface area contributed by atoms with Gasteiger partial charge in [0.25, 0.3) is 0 Å². The topological polar surface area (TPSA) is 99.3 Å². The van der Waals surface area contributed by atoms with Crippen molar-refractivity contribution in [1.82, 2.24) is 25.2 Å². The largest absolute Gasteiger partial charge is 0.324 e. The zero-order valence-corrected chi connectivity index (χ0v) is 19.7. The van der Waals surface area contributed by atoms with Crippen LogP contribution in [-0.4, -0.2) is 72.1 Å². The zero-order chi connectivity index (χ0) is 23.2. The van der Waals surface area contributed by atoms with E-state index in [2.05, 4.69) is 15.4 Å². The average molecular weight is 486 g/mol. The first-order chi connectivity index (χ1) is 15.8. The number of likely N-dealkylation sites (tertiary alicyclic amines) is 2. The van der Waals surface area contributed by atoms with E-state index in [0.717, 1.165) is 29.8 Å². The van der Waals surface area contributed by atoms with Crippen LogP contribution in [0.2, 0.25) is 5.02 Å². The van der Waals surface area contributed by atoms with Crippen molar-refractivity contribution < 1.29 is 13.2 Å². The van der Waals surface area contributed by atoms with E-state index in [9.17, 15) is 13.2 Å². The van der Waals surface area contributed by atoms with Crippen molar-refractivity contribution in [1.29, 1.82) is 0 Å². The van der Waals surface area contributed by atoms with Gasteiger partial charge in [-0.2, -0.15) is 15.4 Å². The van der Waals surface area contributed by atoms with Crippen LogP contribution in [0, 0.1) is 0 Å². The molecule has 2 aliphatic heterocycles. The van der Waals surface area contributed by atoms with Gasteiger partial charge in [0.1, 0.15) is 0 Å². The number of carbonyl (C=O) groups is 1. The molecule has 3 aromatic rings. The third-order valence-corrected chi connectivity index (χ3v) is 7.87. The number of benzene rings is 2. The minimum atomic E-state index is -3.41. The van der Waals surface area contributed by atoms with Gasteiger partial charge in [-0.15, -0.1) is 0 Å². The van der Waals surface area contributed by atoms with Crippen LogP contribution in [0.3, 0.4) is 0 Å². The third-order valence-electron chi connectivity index (χ3n) is 6.50. The van der Waals surface area contributed by atoms with Gasteiger partial charge in [-0.25, -0.2) is 13.2 Å². The lowest BCUT2D eigenvalue weighted by Crippen LogP contribution is -2.53. The molecule has 2 fully saturated rings. The molecular formula is C23H24ClN5O3S. The zero-order valence-electron chi connectivity index (χ0n) is 18.1. The summed E-state index contributed by atoms with van der Waals surface area (Å²) in [4.78, 5) is 16.9. The highest BCUT2D eigenvalue weighted by molar-refractivity contribution is 7.90. The van der Waals surface area contributed by atoms with Crippen LogP contribution in [0.25, 0.3) is 11.1 Å². The Hall–Kier alpha value is -2.91. The highest BCUT2D eigenvalue weighted by atomic mass is 35.5. The fraction of sp³-hybridized carbons (Fsp3) is 0.348. The maximum absolute atomic E-state index is 12.9. The van der Waals surface area contributed by atoms with Crippen molar-refractivity contribution in [3.8, 4) is 11.1 Å². The predicted molar refractivity (Wildman–Crippen MR) is 125 cm³/mol. The lowest BCUT2D eigenvalue weighted by atomic mass is 9.90. The normalized spacial score (nSPS) is 19.0. The van der Waals surface area contributed by atoms with E-state index in [1.165, 1.54) is 12.3 Å². The Labute approximate surface area is 197 Å². The average Bonchev–Trinajstić information content (AvgIpc) is 3.44. The van der Waals surface area contributed by atoms with E-state index in [4.69, 9.17) is 11.6 Å². The number of halogens is 1. The highest BCUT2D eigenvalue weighted by Crippen LogP contribution is 2.34. The molecule has 10 heteroatoms. The van der Waals surface area contributed by atoms with Crippen molar-refractivity contribution in [3.63, 3.8) is 0 Å². The van der Waals surface area contributed by atoms with Gasteiger partial charge < -0.3 is 9.80 Å². The molecule has 5 rings (SSSR count). The summed E-state index contributed by atoms with van der Waals surface area (Å²) < 4.78 is 24.4.